The molecule has 2 aromatic carbocycles. The van der Waals surface area contributed by atoms with Crippen LogP contribution in [0.4, 0.5) is 11.4 Å². The molecule has 0 radical (unpaired) electrons. The summed E-state index contributed by atoms with van der Waals surface area (Å²) in [5, 5.41) is 1.55. The minimum absolute atomic E-state index is 0.185. The van der Waals surface area contributed by atoms with Crippen molar-refractivity contribution in [3.63, 3.8) is 0 Å². The summed E-state index contributed by atoms with van der Waals surface area (Å²) in [6, 6.07) is 12.0. The second-order valence-electron chi connectivity index (χ2n) is 6.89. The average Bonchev–Trinajstić information content (AvgIpc) is 2.98. The molecule has 0 bridgehead atoms. The Morgan fingerprint density at radius 2 is 1.57 bits per heavy atom. The van der Waals surface area contributed by atoms with Gasteiger partial charge in [0.25, 0.3) is 5.91 Å². The molecule has 28 heavy (non-hydrogen) atoms. The number of carbonyl (C=O) groups excluding carboxylic acids is 2. The third kappa shape index (κ3) is 3.72. The monoisotopic (exact) mass is 437 g/mol. The van der Waals surface area contributed by atoms with Crippen LogP contribution in [0.5, 0.6) is 0 Å². The van der Waals surface area contributed by atoms with Gasteiger partial charge >= 0.3 is 0 Å². The second kappa shape index (κ2) is 7.91. The van der Waals surface area contributed by atoms with Gasteiger partial charge in [0.15, 0.2) is 0 Å². The number of benzene rings is 2. The Hall–Kier alpha value is -1.79. The van der Waals surface area contributed by atoms with E-state index in [1.54, 1.807) is 30.3 Å². The highest BCUT2D eigenvalue weighted by atomic mass is 35.5. The van der Waals surface area contributed by atoms with Gasteiger partial charge in [0, 0.05) is 36.9 Å². The molecular weight excluding hydrogens is 421 g/mol. The highest BCUT2D eigenvalue weighted by molar-refractivity contribution is 6.42. The molecule has 146 valence electrons. The summed E-state index contributed by atoms with van der Waals surface area (Å²) in [5.41, 5.74) is 1.53. The van der Waals surface area contributed by atoms with Gasteiger partial charge in [0.2, 0.25) is 5.91 Å². The van der Waals surface area contributed by atoms with Crippen molar-refractivity contribution in [2.45, 2.75) is 12.5 Å². The van der Waals surface area contributed by atoms with Crippen LogP contribution in [0.25, 0.3) is 0 Å². The predicted octanol–water partition coefficient (Wildman–Crippen LogP) is 4.10. The Morgan fingerprint density at radius 1 is 0.821 bits per heavy atom. The molecule has 2 fully saturated rings. The van der Waals surface area contributed by atoms with E-state index < -0.39 is 6.04 Å². The highest BCUT2D eigenvalue weighted by Gasteiger charge is 2.43. The zero-order chi connectivity index (χ0) is 19.8. The molecule has 1 atom stereocenters. The molecule has 2 heterocycles. The fraction of sp³-hybridized carbons (Fsp3) is 0.300. The Balaban J connectivity index is 1.44. The molecule has 2 aliphatic heterocycles. The third-order valence-electron chi connectivity index (χ3n) is 5.21. The van der Waals surface area contributed by atoms with E-state index in [0.29, 0.717) is 33.8 Å². The van der Waals surface area contributed by atoms with Crippen molar-refractivity contribution in [3.8, 4) is 0 Å². The quantitative estimate of drug-likeness (QED) is 0.677. The van der Waals surface area contributed by atoms with Crippen LogP contribution in [-0.2, 0) is 9.59 Å². The molecule has 0 N–H and O–H groups in total. The number of nitrogens with zero attached hydrogens (tertiary/aromatic N) is 3. The lowest BCUT2D eigenvalue weighted by Gasteiger charge is -2.38. The molecule has 2 amide bonds. The van der Waals surface area contributed by atoms with Crippen LogP contribution in [0, 0.1) is 0 Å². The van der Waals surface area contributed by atoms with E-state index in [2.05, 4.69) is 9.80 Å². The lowest BCUT2D eigenvalue weighted by Crippen LogP contribution is -2.52. The van der Waals surface area contributed by atoms with Crippen molar-refractivity contribution < 1.29 is 9.59 Å². The summed E-state index contributed by atoms with van der Waals surface area (Å²) >= 11 is 18.1. The number of amides is 2. The number of piperazine rings is 1. The molecule has 0 aliphatic carbocycles. The normalized spacial score (nSPS) is 20.9. The molecule has 4 rings (SSSR count). The standard InChI is InChI=1S/C20H18Cl3N3O2/c21-13-2-1-3-15(10-13)26-19(27)12-18(20(26)28)25-8-6-24(7-9-25)14-4-5-16(22)17(23)11-14/h1-5,10-11,18H,6-9,12H2. The average molecular weight is 439 g/mol. The van der Waals surface area contributed by atoms with Crippen LogP contribution in [0.1, 0.15) is 6.42 Å². The van der Waals surface area contributed by atoms with Crippen molar-refractivity contribution in [2.24, 2.45) is 0 Å². The molecule has 0 spiro atoms. The van der Waals surface area contributed by atoms with Gasteiger partial charge in [0.1, 0.15) is 0 Å². The maximum atomic E-state index is 12.9. The molecule has 1 unspecified atom stereocenters. The first-order valence-electron chi connectivity index (χ1n) is 9.00. The molecule has 2 saturated heterocycles. The molecule has 5 nitrogen and oxygen atoms in total. The second-order valence-corrected chi connectivity index (χ2v) is 8.14. The number of rotatable bonds is 3. The first-order chi connectivity index (χ1) is 13.4. The number of hydrogen-bond acceptors (Lipinski definition) is 4. The van der Waals surface area contributed by atoms with Gasteiger partial charge in [-0.3, -0.25) is 14.5 Å². The van der Waals surface area contributed by atoms with Gasteiger partial charge < -0.3 is 4.90 Å². The molecule has 2 aromatic rings. The Labute approximate surface area is 178 Å². The highest BCUT2D eigenvalue weighted by Crippen LogP contribution is 2.30. The smallest absolute Gasteiger partial charge is 0.251 e. The van der Waals surface area contributed by atoms with Gasteiger partial charge in [-0.05, 0) is 36.4 Å². The number of hydrogen-bond donors (Lipinski definition) is 0. The van der Waals surface area contributed by atoms with E-state index in [1.807, 2.05) is 12.1 Å². The van der Waals surface area contributed by atoms with Crippen LogP contribution in [0.2, 0.25) is 15.1 Å². The van der Waals surface area contributed by atoms with Crippen molar-refractivity contribution in [2.75, 3.05) is 36.0 Å². The zero-order valence-electron chi connectivity index (χ0n) is 14.9. The number of anilines is 2. The van der Waals surface area contributed by atoms with Crippen LogP contribution in [0.3, 0.4) is 0 Å². The largest absolute Gasteiger partial charge is 0.369 e. The number of carbonyl (C=O) groups is 2. The van der Waals surface area contributed by atoms with Gasteiger partial charge in [-0.2, -0.15) is 0 Å². The summed E-state index contributed by atoms with van der Waals surface area (Å²) in [4.78, 5) is 31.0. The fourth-order valence-corrected chi connectivity index (χ4v) is 4.24. The van der Waals surface area contributed by atoms with Crippen LogP contribution >= 0.6 is 34.8 Å². The van der Waals surface area contributed by atoms with Crippen LogP contribution in [0.15, 0.2) is 42.5 Å². The molecule has 2 aliphatic rings. The Bertz CT molecular complexity index is 929. The number of imide groups is 1. The summed E-state index contributed by atoms with van der Waals surface area (Å²) in [6.07, 6.45) is 0.193. The van der Waals surface area contributed by atoms with Crippen LogP contribution in [-0.4, -0.2) is 48.9 Å². The van der Waals surface area contributed by atoms with E-state index in [1.165, 1.54) is 4.90 Å². The molecule has 0 aromatic heterocycles. The lowest BCUT2D eigenvalue weighted by atomic mass is 10.1. The summed E-state index contributed by atoms with van der Waals surface area (Å²) in [7, 11) is 0. The van der Waals surface area contributed by atoms with Crippen molar-refractivity contribution in [1.82, 2.24) is 4.90 Å². The van der Waals surface area contributed by atoms with E-state index in [9.17, 15) is 9.59 Å². The van der Waals surface area contributed by atoms with Gasteiger partial charge in [-0.25, -0.2) is 4.90 Å². The summed E-state index contributed by atoms with van der Waals surface area (Å²) in [6.45, 7) is 2.86. The van der Waals surface area contributed by atoms with Crippen LogP contribution < -0.4 is 9.80 Å². The SMILES string of the molecule is O=C1CC(N2CCN(c3ccc(Cl)c(Cl)c3)CC2)C(=O)N1c1cccc(Cl)c1. The van der Waals surface area contributed by atoms with Crippen molar-refractivity contribution in [1.29, 1.82) is 0 Å². The predicted molar refractivity (Wildman–Crippen MR) is 113 cm³/mol. The summed E-state index contributed by atoms with van der Waals surface area (Å²) in [5.74, 6) is -0.376. The van der Waals surface area contributed by atoms with Gasteiger partial charge in [-0.15, -0.1) is 0 Å². The Kier molecular flexibility index (Phi) is 5.52. The Morgan fingerprint density at radius 3 is 2.25 bits per heavy atom. The maximum Gasteiger partial charge on any atom is 0.251 e. The maximum absolute atomic E-state index is 12.9. The fourth-order valence-electron chi connectivity index (χ4n) is 3.76. The van der Waals surface area contributed by atoms with Gasteiger partial charge in [-0.1, -0.05) is 40.9 Å². The molecular formula is C20H18Cl3N3O2. The molecule has 0 saturated carbocycles. The minimum atomic E-state index is -0.428. The van der Waals surface area contributed by atoms with Crippen molar-refractivity contribution in [3.05, 3.63) is 57.5 Å². The number of halogens is 3. The lowest BCUT2D eigenvalue weighted by molar-refractivity contribution is -0.123. The van der Waals surface area contributed by atoms with E-state index in [-0.39, 0.29) is 18.2 Å². The first kappa shape index (κ1) is 19.5. The third-order valence-corrected chi connectivity index (χ3v) is 6.19. The topological polar surface area (TPSA) is 43.9 Å². The van der Waals surface area contributed by atoms with Crippen molar-refractivity contribution >= 4 is 58.0 Å². The summed E-state index contributed by atoms with van der Waals surface area (Å²) < 4.78 is 0. The zero-order valence-corrected chi connectivity index (χ0v) is 17.2. The molecule has 8 heteroatoms. The minimum Gasteiger partial charge on any atom is -0.369 e. The van der Waals surface area contributed by atoms with E-state index in [4.69, 9.17) is 34.8 Å². The first-order valence-corrected chi connectivity index (χ1v) is 10.1. The van der Waals surface area contributed by atoms with E-state index >= 15 is 0 Å². The van der Waals surface area contributed by atoms with E-state index in [0.717, 1.165) is 18.8 Å². The van der Waals surface area contributed by atoms with Gasteiger partial charge in [0.05, 0.1) is 28.2 Å².